The molecule has 0 bridgehead atoms. The van der Waals surface area contributed by atoms with Crippen LogP contribution in [0.2, 0.25) is 0 Å². The molecule has 0 spiro atoms. The standard InChI is InChI=1S/C22H23FN2O4S/c1-14(11-21(26)24-18-4-2-3-17(23)13-18)30(28,29)19-7-8-20-16(12-19)9-10-25(20)22(27)15-5-6-15/h2-4,7-8,12-15H,5-6,9-11H2,1H3,(H,24,26). The third-order valence-electron chi connectivity index (χ3n) is 5.58. The van der Waals surface area contributed by atoms with Crippen molar-refractivity contribution in [3.05, 3.63) is 53.8 Å². The Morgan fingerprint density at radius 3 is 2.67 bits per heavy atom. The number of carbonyl (C=O) groups excluding carboxylic acids is 2. The Kier molecular flexibility index (Phi) is 5.36. The first-order valence-electron chi connectivity index (χ1n) is 9.99. The molecule has 2 aliphatic rings. The Labute approximate surface area is 175 Å². The molecule has 6 nitrogen and oxygen atoms in total. The van der Waals surface area contributed by atoms with Gasteiger partial charge >= 0.3 is 0 Å². The first kappa shape index (κ1) is 20.5. The molecular formula is C22H23FN2O4S. The molecule has 8 heteroatoms. The second-order valence-corrected chi connectivity index (χ2v) is 10.3. The van der Waals surface area contributed by atoms with E-state index in [0.29, 0.717) is 13.0 Å². The van der Waals surface area contributed by atoms with Gasteiger partial charge in [-0.25, -0.2) is 12.8 Å². The zero-order chi connectivity index (χ0) is 21.5. The fourth-order valence-corrected chi connectivity index (χ4v) is 5.12. The van der Waals surface area contributed by atoms with Crippen LogP contribution < -0.4 is 10.2 Å². The number of anilines is 2. The maximum absolute atomic E-state index is 13.3. The maximum Gasteiger partial charge on any atom is 0.230 e. The Morgan fingerprint density at radius 1 is 1.20 bits per heavy atom. The number of benzene rings is 2. The number of hydrogen-bond acceptors (Lipinski definition) is 4. The molecule has 1 heterocycles. The summed E-state index contributed by atoms with van der Waals surface area (Å²) in [6.07, 6.45) is 2.21. The van der Waals surface area contributed by atoms with Crippen molar-refractivity contribution in [2.45, 2.75) is 42.8 Å². The molecular weight excluding hydrogens is 407 g/mol. The molecule has 1 aliphatic carbocycles. The van der Waals surface area contributed by atoms with Crippen molar-refractivity contribution >= 4 is 33.0 Å². The summed E-state index contributed by atoms with van der Waals surface area (Å²) < 4.78 is 39.2. The van der Waals surface area contributed by atoms with E-state index in [1.807, 2.05) is 0 Å². The highest BCUT2D eigenvalue weighted by Gasteiger charge is 2.37. The van der Waals surface area contributed by atoms with Gasteiger partial charge in [-0.1, -0.05) is 6.07 Å². The lowest BCUT2D eigenvalue weighted by Gasteiger charge is -2.18. The van der Waals surface area contributed by atoms with Crippen LogP contribution in [0.15, 0.2) is 47.4 Å². The monoisotopic (exact) mass is 430 g/mol. The van der Waals surface area contributed by atoms with E-state index in [9.17, 15) is 22.4 Å². The summed E-state index contributed by atoms with van der Waals surface area (Å²) in [4.78, 5) is 26.5. The van der Waals surface area contributed by atoms with E-state index >= 15 is 0 Å². The van der Waals surface area contributed by atoms with Gasteiger partial charge in [-0.2, -0.15) is 0 Å². The lowest BCUT2D eigenvalue weighted by atomic mass is 10.2. The molecule has 30 heavy (non-hydrogen) atoms. The molecule has 1 fully saturated rings. The van der Waals surface area contributed by atoms with Gasteiger partial charge in [-0.3, -0.25) is 9.59 Å². The van der Waals surface area contributed by atoms with Crippen LogP contribution in [0.5, 0.6) is 0 Å². The minimum atomic E-state index is -3.74. The Hall–Kier alpha value is -2.74. The summed E-state index contributed by atoms with van der Waals surface area (Å²) in [6.45, 7) is 2.05. The van der Waals surface area contributed by atoms with Gasteiger partial charge < -0.3 is 10.2 Å². The number of amides is 2. The summed E-state index contributed by atoms with van der Waals surface area (Å²) in [5, 5.41) is 1.58. The molecule has 2 amide bonds. The number of carbonyl (C=O) groups is 2. The normalized spacial score (nSPS) is 16.8. The number of hydrogen-bond donors (Lipinski definition) is 1. The van der Waals surface area contributed by atoms with Crippen LogP contribution >= 0.6 is 0 Å². The summed E-state index contributed by atoms with van der Waals surface area (Å²) in [7, 11) is -3.74. The van der Waals surface area contributed by atoms with Crippen molar-refractivity contribution in [1.82, 2.24) is 0 Å². The van der Waals surface area contributed by atoms with Crippen molar-refractivity contribution in [2.75, 3.05) is 16.8 Å². The molecule has 0 aromatic heterocycles. The van der Waals surface area contributed by atoms with Crippen LogP contribution in [0, 0.1) is 11.7 Å². The Bertz CT molecular complexity index is 1110. The van der Waals surface area contributed by atoms with E-state index in [0.717, 1.165) is 24.1 Å². The van der Waals surface area contributed by atoms with E-state index < -0.39 is 26.8 Å². The van der Waals surface area contributed by atoms with Crippen molar-refractivity contribution in [2.24, 2.45) is 5.92 Å². The van der Waals surface area contributed by atoms with Gasteiger partial charge in [0.25, 0.3) is 0 Å². The summed E-state index contributed by atoms with van der Waals surface area (Å²) in [5.41, 5.74) is 1.89. The van der Waals surface area contributed by atoms with Gasteiger partial charge in [0.2, 0.25) is 11.8 Å². The van der Waals surface area contributed by atoms with E-state index in [1.54, 1.807) is 17.0 Å². The zero-order valence-electron chi connectivity index (χ0n) is 16.6. The fourth-order valence-electron chi connectivity index (χ4n) is 3.72. The first-order valence-corrected chi connectivity index (χ1v) is 11.5. The maximum atomic E-state index is 13.3. The highest BCUT2D eigenvalue weighted by Crippen LogP contribution is 2.37. The van der Waals surface area contributed by atoms with Gasteiger partial charge in [0.05, 0.1) is 10.1 Å². The van der Waals surface area contributed by atoms with Crippen molar-refractivity contribution in [3.8, 4) is 0 Å². The molecule has 1 saturated carbocycles. The van der Waals surface area contributed by atoms with E-state index in [4.69, 9.17) is 0 Å². The van der Waals surface area contributed by atoms with Crippen LogP contribution in [0.1, 0.15) is 31.7 Å². The molecule has 4 rings (SSSR count). The molecule has 1 unspecified atom stereocenters. The van der Waals surface area contributed by atoms with Crippen molar-refractivity contribution < 1.29 is 22.4 Å². The highest BCUT2D eigenvalue weighted by molar-refractivity contribution is 7.92. The quantitative estimate of drug-likeness (QED) is 0.762. The molecule has 1 aliphatic heterocycles. The number of rotatable bonds is 6. The number of nitrogens with zero attached hydrogens (tertiary/aromatic N) is 1. The summed E-state index contributed by atoms with van der Waals surface area (Å²) >= 11 is 0. The van der Waals surface area contributed by atoms with Gasteiger partial charge in [0.15, 0.2) is 9.84 Å². The summed E-state index contributed by atoms with van der Waals surface area (Å²) in [6, 6.07) is 10.2. The molecule has 0 radical (unpaired) electrons. The predicted molar refractivity (Wildman–Crippen MR) is 112 cm³/mol. The predicted octanol–water partition coefficient (Wildman–Crippen LogP) is 3.32. The van der Waals surface area contributed by atoms with Crippen LogP contribution in [0.4, 0.5) is 15.8 Å². The lowest BCUT2D eigenvalue weighted by Crippen LogP contribution is -2.30. The van der Waals surface area contributed by atoms with Crippen LogP contribution in [-0.2, 0) is 25.8 Å². The van der Waals surface area contributed by atoms with Crippen LogP contribution in [-0.4, -0.2) is 32.0 Å². The minimum absolute atomic E-state index is 0.107. The topological polar surface area (TPSA) is 83.6 Å². The van der Waals surface area contributed by atoms with Gasteiger partial charge in [-0.05, 0) is 68.1 Å². The van der Waals surface area contributed by atoms with E-state index in [-0.39, 0.29) is 28.8 Å². The van der Waals surface area contributed by atoms with E-state index in [1.165, 1.54) is 37.3 Å². The first-order chi connectivity index (χ1) is 14.3. The Morgan fingerprint density at radius 2 is 1.97 bits per heavy atom. The number of sulfone groups is 1. The number of halogens is 1. The van der Waals surface area contributed by atoms with Crippen LogP contribution in [0.3, 0.4) is 0 Å². The number of fused-ring (bicyclic) bond motifs is 1. The molecule has 0 saturated heterocycles. The average molecular weight is 431 g/mol. The Balaban J connectivity index is 1.46. The summed E-state index contributed by atoms with van der Waals surface area (Å²) in [5.74, 6) is -0.761. The van der Waals surface area contributed by atoms with Gasteiger partial charge in [0.1, 0.15) is 5.82 Å². The third kappa shape index (κ3) is 4.09. The second kappa shape index (κ2) is 7.83. The van der Waals surface area contributed by atoms with Crippen molar-refractivity contribution in [3.63, 3.8) is 0 Å². The minimum Gasteiger partial charge on any atom is -0.326 e. The number of nitrogens with one attached hydrogen (secondary N) is 1. The second-order valence-electron chi connectivity index (χ2n) is 7.92. The smallest absolute Gasteiger partial charge is 0.230 e. The molecule has 2 aromatic rings. The van der Waals surface area contributed by atoms with Crippen LogP contribution in [0.25, 0.3) is 0 Å². The van der Waals surface area contributed by atoms with E-state index in [2.05, 4.69) is 5.32 Å². The largest absolute Gasteiger partial charge is 0.326 e. The van der Waals surface area contributed by atoms with Gasteiger partial charge in [0, 0.05) is 30.3 Å². The third-order valence-corrected chi connectivity index (χ3v) is 7.72. The molecule has 158 valence electrons. The molecule has 1 atom stereocenters. The molecule has 2 aromatic carbocycles. The lowest BCUT2D eigenvalue weighted by molar-refractivity contribution is -0.119. The average Bonchev–Trinajstić information content (AvgIpc) is 3.46. The van der Waals surface area contributed by atoms with Gasteiger partial charge in [-0.15, -0.1) is 0 Å². The fraction of sp³-hybridized carbons (Fsp3) is 0.364. The molecule has 1 N–H and O–H groups in total. The van der Waals surface area contributed by atoms with Crippen molar-refractivity contribution in [1.29, 1.82) is 0 Å². The highest BCUT2D eigenvalue weighted by atomic mass is 32.2. The zero-order valence-corrected chi connectivity index (χ0v) is 17.4. The SMILES string of the molecule is CC(CC(=O)Nc1cccc(F)c1)S(=O)(=O)c1ccc2c(c1)CCN2C(=O)C1CC1.